The molecule has 1 aliphatic rings. The van der Waals surface area contributed by atoms with Crippen LogP contribution in [0.2, 0.25) is 0 Å². The number of nitrogens with one attached hydrogen (secondary N) is 4. The molecule has 244 valence electrons. The fourth-order valence-electron chi connectivity index (χ4n) is 4.84. The van der Waals surface area contributed by atoms with E-state index in [1.807, 2.05) is 13.8 Å². The molecule has 0 bridgehead atoms. The number of rotatable bonds is 13. The monoisotopic (exact) mass is 636 g/mol. The Morgan fingerprint density at radius 2 is 1.58 bits per heavy atom. The van der Waals surface area contributed by atoms with Crippen LogP contribution in [0.5, 0.6) is 5.75 Å². The van der Waals surface area contributed by atoms with Crippen LogP contribution >= 0.6 is 0 Å². The number of ketones is 1. The van der Waals surface area contributed by atoms with E-state index in [1.54, 1.807) is 38.1 Å². The van der Waals surface area contributed by atoms with Crippen LogP contribution in [0.25, 0.3) is 0 Å². The van der Waals surface area contributed by atoms with Crippen molar-refractivity contribution in [2.75, 3.05) is 18.5 Å². The molecule has 1 aliphatic heterocycles. The molecule has 4 amide bonds. The Morgan fingerprint density at radius 1 is 0.933 bits per heavy atom. The van der Waals surface area contributed by atoms with E-state index >= 15 is 0 Å². The van der Waals surface area contributed by atoms with Crippen molar-refractivity contribution in [3.63, 3.8) is 0 Å². The molecule has 10 nitrogen and oxygen atoms in total. The third-order valence-corrected chi connectivity index (χ3v) is 7.18. The van der Waals surface area contributed by atoms with Crippen LogP contribution in [-0.2, 0) is 24.0 Å². The van der Waals surface area contributed by atoms with Gasteiger partial charge in [-0.1, -0.05) is 45.9 Å². The van der Waals surface area contributed by atoms with Gasteiger partial charge in [0.1, 0.15) is 12.6 Å². The van der Waals surface area contributed by atoms with E-state index in [0.29, 0.717) is 18.7 Å². The van der Waals surface area contributed by atoms with Crippen molar-refractivity contribution >= 4 is 35.1 Å². The number of hydrogen-bond acceptors (Lipinski definition) is 6. The van der Waals surface area contributed by atoms with Crippen LogP contribution in [0.15, 0.2) is 30.3 Å². The van der Waals surface area contributed by atoms with Gasteiger partial charge in [-0.05, 0) is 42.7 Å². The van der Waals surface area contributed by atoms with Gasteiger partial charge < -0.3 is 26.0 Å². The minimum absolute atomic E-state index is 0.0202. The number of benzene rings is 2. The summed E-state index contributed by atoms with van der Waals surface area (Å²) in [7, 11) is 0. The van der Waals surface area contributed by atoms with Crippen LogP contribution in [-0.4, -0.2) is 54.6 Å². The molecule has 1 saturated heterocycles. The molecule has 0 saturated carbocycles. The Morgan fingerprint density at radius 3 is 2.16 bits per heavy atom. The van der Waals surface area contributed by atoms with Gasteiger partial charge in [0.05, 0.1) is 6.04 Å². The highest BCUT2D eigenvalue weighted by Crippen LogP contribution is 2.27. The average molecular weight is 637 g/mol. The van der Waals surface area contributed by atoms with E-state index in [2.05, 4.69) is 21.3 Å². The summed E-state index contributed by atoms with van der Waals surface area (Å²) in [6, 6.07) is 4.12. The normalized spacial score (nSPS) is 15.8. The van der Waals surface area contributed by atoms with Crippen molar-refractivity contribution in [1.82, 2.24) is 16.0 Å². The Kier molecular flexibility index (Phi) is 12.0. The van der Waals surface area contributed by atoms with E-state index in [0.717, 1.165) is 5.56 Å². The topological polar surface area (TPSA) is 143 Å². The molecule has 4 N–H and O–H groups in total. The molecule has 0 spiro atoms. The van der Waals surface area contributed by atoms with Crippen molar-refractivity contribution in [3.8, 4) is 5.75 Å². The molecular formula is C31H36F4N4O6. The highest BCUT2D eigenvalue weighted by molar-refractivity contribution is 6.40. The third kappa shape index (κ3) is 9.25. The number of para-hydroxylation sites is 1. The van der Waals surface area contributed by atoms with Gasteiger partial charge in [-0.2, -0.15) is 8.78 Å². The van der Waals surface area contributed by atoms with E-state index in [9.17, 15) is 41.5 Å². The maximum Gasteiger partial charge on any atom is 0.313 e. The summed E-state index contributed by atoms with van der Waals surface area (Å²) in [6.45, 7) is 6.53. The average Bonchev–Trinajstić information content (AvgIpc) is 3.38. The van der Waals surface area contributed by atoms with Crippen molar-refractivity contribution in [1.29, 1.82) is 0 Å². The lowest BCUT2D eigenvalue weighted by Crippen LogP contribution is -2.54. The summed E-state index contributed by atoms with van der Waals surface area (Å²) in [5.41, 5.74) is 1.21. The molecule has 1 fully saturated rings. The SMILES string of the molecule is CC(C)C[C@H](NC(=O)C(=O)Nc1ccccc1C(C)C)C(=O)N[C@@H](C[C@@H]1CCNC1=O)C(=O)COc1c(F)c(F)cc(F)c1F. The molecular weight excluding hydrogens is 600 g/mol. The van der Waals surface area contributed by atoms with Gasteiger partial charge in [0, 0.05) is 24.2 Å². The first-order valence-corrected chi connectivity index (χ1v) is 14.5. The van der Waals surface area contributed by atoms with Gasteiger partial charge in [0.25, 0.3) is 0 Å². The van der Waals surface area contributed by atoms with Crippen molar-refractivity contribution in [2.45, 2.75) is 65.0 Å². The van der Waals surface area contributed by atoms with Crippen molar-refractivity contribution < 1.29 is 46.3 Å². The number of Topliss-reactive ketones (excluding diaryl/α,β-unsaturated/α-hetero) is 1. The molecule has 0 aliphatic carbocycles. The van der Waals surface area contributed by atoms with Crippen molar-refractivity contribution in [2.24, 2.45) is 11.8 Å². The summed E-state index contributed by atoms with van der Waals surface area (Å²) < 4.78 is 60.2. The third-order valence-electron chi connectivity index (χ3n) is 7.18. The minimum atomic E-state index is -1.86. The Hall–Kier alpha value is -4.49. The molecule has 3 atom stereocenters. The zero-order chi connectivity index (χ0) is 33.4. The number of halogens is 4. The molecule has 0 unspecified atom stereocenters. The summed E-state index contributed by atoms with van der Waals surface area (Å²) >= 11 is 0. The van der Waals surface area contributed by atoms with Crippen LogP contribution in [0.1, 0.15) is 58.4 Å². The first-order chi connectivity index (χ1) is 21.2. The zero-order valence-corrected chi connectivity index (χ0v) is 25.3. The van der Waals surface area contributed by atoms with Gasteiger partial charge in [-0.3, -0.25) is 24.0 Å². The predicted molar refractivity (Wildman–Crippen MR) is 155 cm³/mol. The van der Waals surface area contributed by atoms with E-state index in [1.165, 1.54) is 0 Å². The Bertz CT molecular complexity index is 1430. The highest BCUT2D eigenvalue weighted by atomic mass is 19.2. The van der Waals surface area contributed by atoms with Crippen LogP contribution < -0.4 is 26.0 Å². The molecule has 0 aromatic heterocycles. The lowest BCUT2D eigenvalue weighted by Gasteiger charge is -2.25. The van der Waals surface area contributed by atoms with Crippen LogP contribution in [0.3, 0.4) is 0 Å². The van der Waals surface area contributed by atoms with Crippen LogP contribution in [0, 0.1) is 35.1 Å². The molecule has 45 heavy (non-hydrogen) atoms. The summed E-state index contributed by atoms with van der Waals surface area (Å²) in [6.07, 6.45) is 0.132. The van der Waals surface area contributed by atoms with E-state index in [4.69, 9.17) is 4.74 Å². The lowest BCUT2D eigenvalue weighted by atomic mass is 9.95. The second kappa shape index (κ2) is 15.5. The number of hydrogen-bond donors (Lipinski definition) is 4. The first kappa shape index (κ1) is 35.0. The van der Waals surface area contributed by atoms with Gasteiger partial charge in [0.15, 0.2) is 23.2 Å². The number of carbonyl (C=O) groups is 5. The number of ether oxygens (including phenoxy) is 1. The second-order valence-corrected chi connectivity index (χ2v) is 11.5. The predicted octanol–water partition coefficient (Wildman–Crippen LogP) is 3.49. The van der Waals surface area contributed by atoms with Gasteiger partial charge in [-0.15, -0.1) is 0 Å². The zero-order valence-electron chi connectivity index (χ0n) is 25.3. The molecule has 1 heterocycles. The largest absolute Gasteiger partial charge is 0.479 e. The molecule has 2 aromatic rings. The molecule has 3 rings (SSSR count). The summed E-state index contributed by atoms with van der Waals surface area (Å²) in [5.74, 6) is -13.9. The summed E-state index contributed by atoms with van der Waals surface area (Å²) in [5, 5.41) is 9.96. The summed E-state index contributed by atoms with van der Waals surface area (Å²) in [4.78, 5) is 64.4. The van der Waals surface area contributed by atoms with E-state index in [-0.39, 0.29) is 30.7 Å². The Balaban J connectivity index is 1.77. The highest BCUT2D eigenvalue weighted by Gasteiger charge is 2.34. The van der Waals surface area contributed by atoms with Gasteiger partial charge in [-0.25, -0.2) is 8.78 Å². The Labute approximate surface area is 257 Å². The number of carbonyl (C=O) groups excluding carboxylic acids is 5. The van der Waals surface area contributed by atoms with E-state index < -0.39 is 83.0 Å². The molecule has 14 heteroatoms. The first-order valence-electron chi connectivity index (χ1n) is 14.5. The fraction of sp³-hybridized carbons (Fsp3) is 0.452. The minimum Gasteiger partial charge on any atom is -0.479 e. The molecule has 0 radical (unpaired) electrons. The maximum atomic E-state index is 14.1. The standard InChI is InChI=1S/C31H36F4N4O6/c1-15(2)11-23(39-31(44)30(43)37-21-8-6-5-7-18(21)16(3)4)29(42)38-22(12-17-9-10-36-28(17)41)24(40)14-45-27-25(34)19(32)13-20(33)26(27)35/h5-8,13,15-17,22-23H,9-12,14H2,1-4H3,(H,36,41)(H,37,43)(H,38,42)(H,39,44)/t17-,22-,23-/m0/s1. The van der Waals surface area contributed by atoms with Crippen molar-refractivity contribution in [3.05, 3.63) is 59.2 Å². The second-order valence-electron chi connectivity index (χ2n) is 11.5. The lowest BCUT2D eigenvalue weighted by molar-refractivity contribution is -0.138. The van der Waals surface area contributed by atoms with Gasteiger partial charge in [0.2, 0.25) is 23.4 Å². The maximum absolute atomic E-state index is 14.1. The quantitative estimate of drug-likeness (QED) is 0.151. The molecule has 2 aromatic carbocycles. The van der Waals surface area contributed by atoms with Gasteiger partial charge >= 0.3 is 11.8 Å². The van der Waals surface area contributed by atoms with Crippen LogP contribution in [0.4, 0.5) is 23.2 Å². The number of anilines is 1. The number of amides is 4. The smallest absolute Gasteiger partial charge is 0.313 e. The fourth-order valence-corrected chi connectivity index (χ4v) is 4.84.